The highest BCUT2D eigenvalue weighted by atomic mass is 79.9. The Morgan fingerprint density at radius 3 is 3.00 bits per heavy atom. The quantitative estimate of drug-likeness (QED) is 0.849. The van der Waals surface area contributed by atoms with E-state index in [0.29, 0.717) is 5.69 Å². The van der Waals surface area contributed by atoms with Gasteiger partial charge in [0.2, 0.25) is 0 Å². The second kappa shape index (κ2) is 4.02. The second-order valence-electron chi connectivity index (χ2n) is 3.13. The van der Waals surface area contributed by atoms with E-state index in [2.05, 4.69) is 26.0 Å². The number of hydrogen-bond acceptors (Lipinski definition) is 3. The van der Waals surface area contributed by atoms with E-state index >= 15 is 0 Å². The monoisotopic (exact) mass is 266 g/mol. The van der Waals surface area contributed by atoms with E-state index in [1.807, 2.05) is 29.8 Å². The summed E-state index contributed by atoms with van der Waals surface area (Å²) in [6.07, 6.45) is 1.54. The average molecular weight is 267 g/mol. The van der Waals surface area contributed by atoms with Gasteiger partial charge in [-0.3, -0.25) is 0 Å². The van der Waals surface area contributed by atoms with Crippen LogP contribution in [0.25, 0.3) is 11.4 Å². The van der Waals surface area contributed by atoms with Crippen molar-refractivity contribution in [2.75, 3.05) is 5.73 Å². The third-order valence-corrected chi connectivity index (χ3v) is 2.66. The first-order valence-corrected chi connectivity index (χ1v) is 5.45. The minimum atomic E-state index is 0.709. The predicted molar refractivity (Wildman–Crippen MR) is 63.2 cm³/mol. The zero-order chi connectivity index (χ0) is 10.8. The Balaban J connectivity index is 2.58. The van der Waals surface area contributed by atoms with E-state index in [-0.39, 0.29) is 0 Å². The highest BCUT2D eigenvalue weighted by molar-refractivity contribution is 9.10. The first-order chi connectivity index (χ1) is 7.22. The Hall–Kier alpha value is -1.36. The molecule has 0 spiro atoms. The molecule has 0 saturated heterocycles. The molecule has 2 rings (SSSR count). The topological polar surface area (TPSA) is 56.7 Å². The summed E-state index contributed by atoms with van der Waals surface area (Å²) < 4.78 is 2.80. The van der Waals surface area contributed by atoms with E-state index in [4.69, 9.17) is 5.73 Å². The third-order valence-electron chi connectivity index (χ3n) is 2.17. The van der Waals surface area contributed by atoms with Crippen molar-refractivity contribution >= 4 is 21.6 Å². The fraction of sp³-hybridized carbons (Fsp3) is 0.200. The van der Waals surface area contributed by atoms with E-state index in [0.717, 1.165) is 22.4 Å². The van der Waals surface area contributed by atoms with Gasteiger partial charge in [0.05, 0.1) is 0 Å². The first-order valence-electron chi connectivity index (χ1n) is 4.65. The van der Waals surface area contributed by atoms with E-state index in [1.165, 1.54) is 0 Å². The van der Waals surface area contributed by atoms with Crippen LogP contribution in [0, 0.1) is 0 Å². The van der Waals surface area contributed by atoms with Crippen LogP contribution < -0.4 is 5.73 Å². The van der Waals surface area contributed by atoms with Gasteiger partial charge in [0.25, 0.3) is 0 Å². The molecule has 2 aromatic rings. The van der Waals surface area contributed by atoms with Crippen LogP contribution >= 0.6 is 15.9 Å². The Bertz CT molecular complexity index is 478. The van der Waals surface area contributed by atoms with Gasteiger partial charge in [-0.1, -0.05) is 15.9 Å². The van der Waals surface area contributed by atoms with E-state index < -0.39 is 0 Å². The molecule has 0 amide bonds. The van der Waals surface area contributed by atoms with Crippen LogP contribution in [0.4, 0.5) is 5.69 Å². The van der Waals surface area contributed by atoms with Gasteiger partial charge in [-0.2, -0.15) is 5.10 Å². The van der Waals surface area contributed by atoms with Gasteiger partial charge < -0.3 is 5.73 Å². The number of rotatable bonds is 2. The molecule has 2 N–H and O–H groups in total. The van der Waals surface area contributed by atoms with E-state index in [1.54, 1.807) is 6.33 Å². The molecule has 1 aromatic heterocycles. The number of halogens is 1. The van der Waals surface area contributed by atoms with Crippen LogP contribution in [0.1, 0.15) is 6.92 Å². The van der Waals surface area contributed by atoms with Crippen LogP contribution in [-0.4, -0.2) is 14.8 Å². The molecule has 78 valence electrons. The predicted octanol–water partition coefficient (Wildman–Crippen LogP) is 2.31. The minimum Gasteiger partial charge on any atom is -0.398 e. The van der Waals surface area contributed by atoms with Crippen molar-refractivity contribution in [1.82, 2.24) is 14.8 Å². The summed E-state index contributed by atoms with van der Waals surface area (Å²) in [4.78, 5) is 4.21. The fourth-order valence-corrected chi connectivity index (χ4v) is 1.79. The summed E-state index contributed by atoms with van der Waals surface area (Å²) in [5.41, 5.74) is 7.52. The summed E-state index contributed by atoms with van der Waals surface area (Å²) in [5, 5.41) is 4.12. The molecular formula is C10H11BrN4. The molecule has 5 heteroatoms. The van der Waals surface area contributed by atoms with Crippen LogP contribution in [0.2, 0.25) is 0 Å². The lowest BCUT2D eigenvalue weighted by atomic mass is 10.1. The molecule has 0 saturated carbocycles. The number of aromatic nitrogens is 3. The molecule has 0 radical (unpaired) electrons. The standard InChI is InChI=1S/C10H11BrN4/c1-2-15-10(13-6-14-15)8-5-7(11)3-4-9(8)12/h3-6H,2,12H2,1H3. The maximum Gasteiger partial charge on any atom is 0.160 e. The molecule has 15 heavy (non-hydrogen) atoms. The zero-order valence-corrected chi connectivity index (χ0v) is 9.90. The summed E-state index contributed by atoms with van der Waals surface area (Å²) in [7, 11) is 0. The van der Waals surface area contributed by atoms with Crippen LogP contribution in [0.5, 0.6) is 0 Å². The van der Waals surface area contributed by atoms with Crippen molar-refractivity contribution in [3.8, 4) is 11.4 Å². The SMILES string of the molecule is CCn1ncnc1-c1cc(Br)ccc1N. The minimum absolute atomic E-state index is 0.709. The van der Waals surface area contributed by atoms with Gasteiger partial charge >= 0.3 is 0 Å². The lowest BCUT2D eigenvalue weighted by Gasteiger charge is -2.06. The Kier molecular flexibility index (Phi) is 2.73. The number of nitrogens with two attached hydrogens (primary N) is 1. The van der Waals surface area contributed by atoms with Gasteiger partial charge in [0, 0.05) is 22.3 Å². The summed E-state index contributed by atoms with van der Waals surface area (Å²) in [6, 6.07) is 5.71. The normalized spacial score (nSPS) is 10.5. The van der Waals surface area contributed by atoms with Gasteiger partial charge in [0.1, 0.15) is 6.33 Å². The maximum atomic E-state index is 5.90. The molecule has 0 aliphatic carbocycles. The van der Waals surface area contributed by atoms with E-state index in [9.17, 15) is 0 Å². The average Bonchev–Trinajstić information content (AvgIpc) is 2.69. The number of nitrogen functional groups attached to an aromatic ring is 1. The molecule has 0 fully saturated rings. The van der Waals surface area contributed by atoms with Crippen molar-refractivity contribution in [2.45, 2.75) is 13.5 Å². The molecule has 4 nitrogen and oxygen atoms in total. The highest BCUT2D eigenvalue weighted by Gasteiger charge is 2.09. The Labute approximate surface area is 96.3 Å². The van der Waals surface area contributed by atoms with Gasteiger partial charge in [-0.05, 0) is 25.1 Å². The number of anilines is 1. The van der Waals surface area contributed by atoms with Crippen molar-refractivity contribution in [3.05, 3.63) is 29.0 Å². The lowest BCUT2D eigenvalue weighted by molar-refractivity contribution is 0.666. The third kappa shape index (κ3) is 1.87. The lowest BCUT2D eigenvalue weighted by Crippen LogP contribution is -2.01. The Morgan fingerprint density at radius 2 is 2.27 bits per heavy atom. The molecule has 1 heterocycles. The molecule has 1 aromatic carbocycles. The zero-order valence-electron chi connectivity index (χ0n) is 8.31. The number of nitrogens with zero attached hydrogens (tertiary/aromatic N) is 3. The first kappa shape index (κ1) is 10.2. The molecule has 0 bridgehead atoms. The molecule has 0 aliphatic rings. The highest BCUT2D eigenvalue weighted by Crippen LogP contribution is 2.27. The smallest absolute Gasteiger partial charge is 0.160 e. The van der Waals surface area contributed by atoms with Crippen molar-refractivity contribution < 1.29 is 0 Å². The van der Waals surface area contributed by atoms with Crippen LogP contribution in [0.15, 0.2) is 29.0 Å². The molecule has 0 aliphatic heterocycles. The molecular weight excluding hydrogens is 256 g/mol. The van der Waals surface area contributed by atoms with Crippen molar-refractivity contribution in [3.63, 3.8) is 0 Å². The molecule has 0 unspecified atom stereocenters. The summed E-state index contributed by atoms with van der Waals surface area (Å²) in [6.45, 7) is 2.80. The van der Waals surface area contributed by atoms with Crippen molar-refractivity contribution in [2.24, 2.45) is 0 Å². The number of hydrogen-bond donors (Lipinski definition) is 1. The van der Waals surface area contributed by atoms with Gasteiger partial charge in [-0.15, -0.1) is 0 Å². The summed E-state index contributed by atoms with van der Waals surface area (Å²) in [5.74, 6) is 0.802. The van der Waals surface area contributed by atoms with Crippen molar-refractivity contribution in [1.29, 1.82) is 0 Å². The largest absolute Gasteiger partial charge is 0.398 e. The Morgan fingerprint density at radius 1 is 1.47 bits per heavy atom. The van der Waals surface area contributed by atoms with Gasteiger partial charge in [0.15, 0.2) is 5.82 Å². The number of aryl methyl sites for hydroxylation is 1. The van der Waals surface area contributed by atoms with Crippen LogP contribution in [-0.2, 0) is 6.54 Å². The summed E-state index contributed by atoms with van der Waals surface area (Å²) >= 11 is 3.42. The molecule has 0 atom stereocenters. The fourth-order valence-electron chi connectivity index (χ4n) is 1.43. The number of benzene rings is 1. The van der Waals surface area contributed by atoms with Gasteiger partial charge in [-0.25, -0.2) is 9.67 Å². The van der Waals surface area contributed by atoms with Crippen LogP contribution in [0.3, 0.4) is 0 Å². The maximum absolute atomic E-state index is 5.90. The second-order valence-corrected chi connectivity index (χ2v) is 4.05.